The van der Waals surface area contributed by atoms with Gasteiger partial charge in [0.15, 0.2) is 9.84 Å². The molecule has 3 rings (SSSR count). The van der Waals surface area contributed by atoms with E-state index in [4.69, 9.17) is 9.47 Å². The molecule has 1 aliphatic heterocycles. The molecule has 10 heteroatoms. The van der Waals surface area contributed by atoms with Crippen LogP contribution >= 0.6 is 0 Å². The number of alkyl halides is 3. The molecule has 1 aromatic heterocycles. The third-order valence-corrected chi connectivity index (χ3v) is 6.01. The molecule has 6 nitrogen and oxygen atoms in total. The molecule has 176 valence electrons. The Kier molecular flexibility index (Phi) is 6.50. The molecule has 0 unspecified atom stereocenters. The highest BCUT2D eigenvalue weighted by Gasteiger charge is 2.35. The van der Waals surface area contributed by atoms with E-state index in [-0.39, 0.29) is 23.2 Å². The van der Waals surface area contributed by atoms with Crippen molar-refractivity contribution in [1.82, 2.24) is 4.98 Å². The van der Waals surface area contributed by atoms with Crippen LogP contribution in [-0.4, -0.2) is 51.1 Å². The SMILES string of the molecule is C[C@@H]1COCCN1c1cc(OC(C)(C)C)nc(-c2ccc(S(C)(=O)=O)cc2C(F)(F)F)c1. The van der Waals surface area contributed by atoms with Crippen LogP contribution in [-0.2, 0) is 20.8 Å². The topological polar surface area (TPSA) is 68.7 Å². The average molecular weight is 473 g/mol. The number of anilines is 1. The summed E-state index contributed by atoms with van der Waals surface area (Å²) in [5.41, 5.74) is -1.20. The van der Waals surface area contributed by atoms with E-state index in [2.05, 4.69) is 4.98 Å². The minimum atomic E-state index is -4.77. The van der Waals surface area contributed by atoms with Gasteiger partial charge in [-0.15, -0.1) is 0 Å². The van der Waals surface area contributed by atoms with Crippen molar-refractivity contribution in [2.45, 2.75) is 50.4 Å². The molecule has 1 fully saturated rings. The summed E-state index contributed by atoms with van der Waals surface area (Å²) in [4.78, 5) is 5.97. The molecule has 2 aromatic rings. The lowest BCUT2D eigenvalue weighted by atomic mass is 10.0. The van der Waals surface area contributed by atoms with Crippen LogP contribution in [0.25, 0.3) is 11.3 Å². The Morgan fingerprint density at radius 2 is 1.84 bits per heavy atom. The average Bonchev–Trinajstić information content (AvgIpc) is 2.65. The fourth-order valence-corrected chi connectivity index (χ4v) is 4.13. The van der Waals surface area contributed by atoms with Gasteiger partial charge in [-0.3, -0.25) is 0 Å². The molecule has 0 radical (unpaired) electrons. The number of benzene rings is 1. The number of ether oxygens (including phenoxy) is 2. The lowest BCUT2D eigenvalue weighted by Gasteiger charge is -2.35. The Balaban J connectivity index is 2.22. The maximum atomic E-state index is 13.9. The molecule has 0 aliphatic carbocycles. The van der Waals surface area contributed by atoms with Crippen molar-refractivity contribution in [3.05, 3.63) is 35.9 Å². The second-order valence-electron chi connectivity index (χ2n) is 8.86. The van der Waals surface area contributed by atoms with E-state index in [1.807, 2.05) is 32.6 Å². The van der Waals surface area contributed by atoms with Crippen LogP contribution in [0.2, 0.25) is 0 Å². The van der Waals surface area contributed by atoms with Gasteiger partial charge in [0.05, 0.1) is 29.4 Å². The van der Waals surface area contributed by atoms with Crippen molar-refractivity contribution in [2.24, 2.45) is 0 Å². The number of sulfone groups is 1. The fourth-order valence-electron chi connectivity index (χ4n) is 3.48. The molecule has 32 heavy (non-hydrogen) atoms. The summed E-state index contributed by atoms with van der Waals surface area (Å²) in [7, 11) is -3.82. The highest BCUT2D eigenvalue weighted by Crippen LogP contribution is 2.40. The van der Waals surface area contributed by atoms with Gasteiger partial charge in [-0.1, -0.05) is 6.07 Å². The van der Waals surface area contributed by atoms with Crippen molar-refractivity contribution in [3.8, 4) is 17.1 Å². The number of pyridine rings is 1. The van der Waals surface area contributed by atoms with Gasteiger partial charge in [-0.05, 0) is 45.9 Å². The van der Waals surface area contributed by atoms with E-state index in [0.717, 1.165) is 18.4 Å². The van der Waals surface area contributed by atoms with Gasteiger partial charge in [-0.25, -0.2) is 13.4 Å². The number of rotatable bonds is 4. The molecular weight excluding hydrogens is 445 g/mol. The van der Waals surface area contributed by atoms with Crippen molar-refractivity contribution in [1.29, 1.82) is 0 Å². The number of hydrogen-bond donors (Lipinski definition) is 0. The van der Waals surface area contributed by atoms with Crippen LogP contribution < -0.4 is 9.64 Å². The fraction of sp³-hybridized carbons (Fsp3) is 0.500. The van der Waals surface area contributed by atoms with Gasteiger partial charge in [0.25, 0.3) is 0 Å². The molecule has 1 aliphatic rings. The molecule has 0 N–H and O–H groups in total. The van der Waals surface area contributed by atoms with E-state index in [0.29, 0.717) is 31.5 Å². The monoisotopic (exact) mass is 472 g/mol. The molecule has 1 atom stereocenters. The van der Waals surface area contributed by atoms with E-state index in [9.17, 15) is 21.6 Å². The van der Waals surface area contributed by atoms with E-state index < -0.39 is 32.1 Å². The normalized spacial score (nSPS) is 18.0. The number of halogens is 3. The minimum absolute atomic E-state index is 0.0104. The second kappa shape index (κ2) is 8.55. The Labute approximate surface area is 186 Å². The molecule has 0 spiro atoms. The van der Waals surface area contributed by atoms with Crippen molar-refractivity contribution < 1.29 is 31.1 Å². The van der Waals surface area contributed by atoms with Crippen LogP contribution in [0.15, 0.2) is 35.2 Å². The standard InChI is InChI=1S/C22H27F3N2O4S/c1-14-13-30-9-8-27(14)15-10-19(26-20(11-15)31-21(2,3)4)17-7-6-16(32(5,28)29)12-18(17)22(23,24)25/h6-7,10-12,14H,8-9,13H2,1-5H3/t14-/m1/s1. The van der Waals surface area contributed by atoms with Crippen LogP contribution in [0.3, 0.4) is 0 Å². The number of nitrogens with zero attached hydrogens (tertiary/aromatic N) is 2. The predicted molar refractivity (Wildman–Crippen MR) is 116 cm³/mol. The Hall–Kier alpha value is -2.33. The molecule has 0 amide bonds. The van der Waals surface area contributed by atoms with Crippen molar-refractivity contribution >= 4 is 15.5 Å². The maximum Gasteiger partial charge on any atom is 0.417 e. The van der Waals surface area contributed by atoms with Gasteiger partial charge in [0.1, 0.15) is 5.60 Å². The summed E-state index contributed by atoms with van der Waals surface area (Å²) in [6, 6.07) is 6.25. The smallest absolute Gasteiger partial charge is 0.417 e. The molecular formula is C22H27F3N2O4S. The highest BCUT2D eigenvalue weighted by molar-refractivity contribution is 7.90. The molecule has 1 aromatic carbocycles. The van der Waals surface area contributed by atoms with Crippen molar-refractivity contribution in [2.75, 3.05) is 30.9 Å². The van der Waals surface area contributed by atoms with Crippen LogP contribution in [0.5, 0.6) is 5.88 Å². The van der Waals surface area contributed by atoms with Gasteiger partial charge in [0, 0.05) is 36.2 Å². The minimum Gasteiger partial charge on any atom is -0.472 e. The highest BCUT2D eigenvalue weighted by atomic mass is 32.2. The van der Waals surface area contributed by atoms with Gasteiger partial charge < -0.3 is 14.4 Å². The third-order valence-electron chi connectivity index (χ3n) is 4.90. The third kappa shape index (κ3) is 5.72. The first-order valence-corrected chi connectivity index (χ1v) is 12.0. The lowest BCUT2D eigenvalue weighted by Crippen LogP contribution is -2.43. The van der Waals surface area contributed by atoms with Gasteiger partial charge >= 0.3 is 6.18 Å². The number of aromatic nitrogens is 1. The number of hydrogen-bond acceptors (Lipinski definition) is 6. The largest absolute Gasteiger partial charge is 0.472 e. The summed E-state index contributed by atoms with van der Waals surface area (Å²) in [6.45, 7) is 8.98. The molecule has 2 heterocycles. The van der Waals surface area contributed by atoms with Crippen LogP contribution in [0, 0.1) is 0 Å². The Bertz CT molecular complexity index is 1100. The molecule has 1 saturated heterocycles. The zero-order valence-electron chi connectivity index (χ0n) is 18.7. The van der Waals surface area contributed by atoms with Crippen molar-refractivity contribution in [3.63, 3.8) is 0 Å². The van der Waals surface area contributed by atoms with Crippen LogP contribution in [0.1, 0.15) is 33.3 Å². The first-order valence-electron chi connectivity index (χ1n) is 10.1. The number of morpholine rings is 1. The van der Waals surface area contributed by atoms with E-state index >= 15 is 0 Å². The first kappa shape index (κ1) is 24.3. The Morgan fingerprint density at radius 3 is 2.41 bits per heavy atom. The lowest BCUT2D eigenvalue weighted by molar-refractivity contribution is -0.137. The maximum absolute atomic E-state index is 13.9. The van der Waals surface area contributed by atoms with E-state index in [1.54, 1.807) is 12.1 Å². The van der Waals surface area contributed by atoms with Gasteiger partial charge in [-0.2, -0.15) is 13.2 Å². The Morgan fingerprint density at radius 1 is 1.16 bits per heavy atom. The summed E-state index contributed by atoms with van der Waals surface area (Å²) >= 11 is 0. The molecule has 0 saturated carbocycles. The predicted octanol–water partition coefficient (Wildman–Crippen LogP) is 4.57. The molecule has 0 bridgehead atoms. The van der Waals surface area contributed by atoms with E-state index in [1.165, 1.54) is 0 Å². The first-order chi connectivity index (χ1) is 14.6. The summed E-state index contributed by atoms with van der Waals surface area (Å²) < 4.78 is 76.8. The zero-order chi connectivity index (χ0) is 23.9. The van der Waals surface area contributed by atoms with Crippen LogP contribution in [0.4, 0.5) is 18.9 Å². The summed E-state index contributed by atoms with van der Waals surface area (Å²) in [5, 5.41) is 0. The second-order valence-corrected chi connectivity index (χ2v) is 10.9. The quantitative estimate of drug-likeness (QED) is 0.649. The zero-order valence-corrected chi connectivity index (χ0v) is 19.5. The summed E-state index contributed by atoms with van der Waals surface area (Å²) in [5.74, 6) is 0.184. The van der Waals surface area contributed by atoms with Gasteiger partial charge in [0.2, 0.25) is 5.88 Å². The summed E-state index contributed by atoms with van der Waals surface area (Å²) in [6.07, 6.45) is -3.90.